The van der Waals surface area contributed by atoms with Crippen LogP contribution in [0.3, 0.4) is 0 Å². The molecule has 4 heteroatoms. The van der Waals surface area contributed by atoms with Crippen molar-refractivity contribution in [2.24, 2.45) is 0 Å². The Hall–Kier alpha value is -1.78. The molecule has 0 bridgehead atoms. The van der Waals surface area contributed by atoms with Crippen molar-refractivity contribution in [3.05, 3.63) is 54.1 Å². The third-order valence-corrected chi connectivity index (χ3v) is 3.66. The van der Waals surface area contributed by atoms with Crippen LogP contribution < -0.4 is 0 Å². The van der Waals surface area contributed by atoms with E-state index < -0.39 is 0 Å². The summed E-state index contributed by atoms with van der Waals surface area (Å²) >= 11 is 1.56. The van der Waals surface area contributed by atoms with Gasteiger partial charge in [-0.1, -0.05) is 41.2 Å². The smallest absolute Gasteiger partial charge is 0.168 e. The molecule has 0 fully saturated rings. The fraction of sp³-hybridized carbons (Fsp3) is 0.0714. The molecule has 3 rings (SSSR count). The van der Waals surface area contributed by atoms with Gasteiger partial charge in [-0.2, -0.15) is 0 Å². The van der Waals surface area contributed by atoms with Gasteiger partial charge in [0.2, 0.25) is 0 Å². The summed E-state index contributed by atoms with van der Waals surface area (Å²) in [6, 6.07) is 15.6. The van der Waals surface area contributed by atoms with Gasteiger partial charge in [-0.05, 0) is 29.8 Å². The molecule has 0 aliphatic heterocycles. The van der Waals surface area contributed by atoms with Crippen molar-refractivity contribution in [1.29, 1.82) is 0 Å². The van der Waals surface area contributed by atoms with E-state index in [0.717, 1.165) is 26.5 Å². The van der Waals surface area contributed by atoms with Crippen LogP contribution in [0.5, 0.6) is 0 Å². The molecular weight excluding hydrogens is 246 g/mol. The zero-order valence-corrected chi connectivity index (χ0v) is 10.4. The number of hydrogen-bond acceptors (Lipinski definition) is 4. The van der Waals surface area contributed by atoms with Crippen LogP contribution in [0.25, 0.3) is 11.0 Å². The predicted octanol–water partition coefficient (Wildman–Crippen LogP) is 3.47. The predicted molar refractivity (Wildman–Crippen MR) is 70.5 cm³/mol. The molecular formula is C14H11NO2S. The van der Waals surface area contributed by atoms with E-state index in [0.29, 0.717) is 0 Å². The highest BCUT2D eigenvalue weighted by molar-refractivity contribution is 7.99. The maximum absolute atomic E-state index is 8.99. The van der Waals surface area contributed by atoms with Crippen LogP contribution in [0.4, 0.5) is 0 Å². The fourth-order valence-corrected chi connectivity index (χ4v) is 2.56. The topological polar surface area (TPSA) is 46.3 Å². The van der Waals surface area contributed by atoms with E-state index in [1.54, 1.807) is 11.8 Å². The molecule has 90 valence electrons. The fourth-order valence-electron chi connectivity index (χ4n) is 1.71. The van der Waals surface area contributed by atoms with Gasteiger partial charge in [0.15, 0.2) is 10.6 Å². The SMILES string of the molecule is OCc1ccc(Sc2noc3ccccc23)cc1. The lowest BCUT2D eigenvalue weighted by molar-refractivity contribution is 0.282. The summed E-state index contributed by atoms with van der Waals surface area (Å²) in [6.07, 6.45) is 0. The summed E-state index contributed by atoms with van der Waals surface area (Å²) < 4.78 is 5.26. The zero-order valence-electron chi connectivity index (χ0n) is 9.54. The minimum absolute atomic E-state index is 0.0673. The highest BCUT2D eigenvalue weighted by atomic mass is 32.2. The van der Waals surface area contributed by atoms with Crippen LogP contribution in [0, 0.1) is 0 Å². The van der Waals surface area contributed by atoms with Crippen molar-refractivity contribution in [1.82, 2.24) is 5.16 Å². The monoisotopic (exact) mass is 257 g/mol. The zero-order chi connectivity index (χ0) is 12.4. The van der Waals surface area contributed by atoms with E-state index in [1.807, 2.05) is 48.5 Å². The molecule has 2 aromatic carbocycles. The molecule has 0 spiro atoms. The second-order valence-electron chi connectivity index (χ2n) is 3.89. The molecule has 0 saturated heterocycles. The summed E-state index contributed by atoms with van der Waals surface area (Å²) in [5.74, 6) is 0. The van der Waals surface area contributed by atoms with Crippen LogP contribution in [-0.4, -0.2) is 10.3 Å². The lowest BCUT2D eigenvalue weighted by atomic mass is 10.2. The lowest BCUT2D eigenvalue weighted by Gasteiger charge is -1.99. The quantitative estimate of drug-likeness (QED) is 0.780. The number of para-hydroxylation sites is 1. The number of fused-ring (bicyclic) bond motifs is 1. The van der Waals surface area contributed by atoms with Crippen LogP contribution >= 0.6 is 11.8 Å². The van der Waals surface area contributed by atoms with E-state index in [1.165, 1.54) is 0 Å². The summed E-state index contributed by atoms with van der Waals surface area (Å²) in [5, 5.41) is 14.9. The maximum atomic E-state index is 8.99. The highest BCUT2D eigenvalue weighted by Gasteiger charge is 2.08. The molecule has 0 atom stereocenters. The largest absolute Gasteiger partial charge is 0.392 e. The standard InChI is InChI=1S/C14H11NO2S/c16-9-10-5-7-11(8-6-10)18-14-12-3-1-2-4-13(12)17-15-14/h1-8,16H,9H2. The number of nitrogens with zero attached hydrogens (tertiary/aromatic N) is 1. The molecule has 3 nitrogen and oxygen atoms in total. The van der Waals surface area contributed by atoms with E-state index in [4.69, 9.17) is 9.63 Å². The minimum Gasteiger partial charge on any atom is -0.392 e. The number of hydrogen-bond donors (Lipinski definition) is 1. The second-order valence-corrected chi connectivity index (χ2v) is 4.95. The molecule has 0 aliphatic carbocycles. The minimum atomic E-state index is 0.0673. The molecule has 1 N–H and O–H groups in total. The Bertz CT molecular complexity index is 661. The molecule has 0 saturated carbocycles. The number of rotatable bonds is 3. The number of aliphatic hydroxyl groups excluding tert-OH is 1. The van der Waals surface area contributed by atoms with Crippen molar-refractivity contribution in [2.45, 2.75) is 16.5 Å². The summed E-state index contributed by atoms with van der Waals surface area (Å²) in [6.45, 7) is 0.0673. The first kappa shape index (κ1) is 11.3. The number of benzene rings is 2. The van der Waals surface area contributed by atoms with E-state index >= 15 is 0 Å². The summed E-state index contributed by atoms with van der Waals surface area (Å²) in [5.41, 5.74) is 1.70. The van der Waals surface area contributed by atoms with Crippen LogP contribution in [0.1, 0.15) is 5.56 Å². The van der Waals surface area contributed by atoms with Crippen LogP contribution in [0.15, 0.2) is 63.0 Å². The molecule has 1 heterocycles. The van der Waals surface area contributed by atoms with Crippen molar-refractivity contribution in [2.75, 3.05) is 0 Å². The van der Waals surface area contributed by atoms with Gasteiger partial charge in [-0.15, -0.1) is 0 Å². The lowest BCUT2D eigenvalue weighted by Crippen LogP contribution is -1.81. The molecule has 0 aliphatic rings. The van der Waals surface area contributed by atoms with E-state index in [-0.39, 0.29) is 6.61 Å². The van der Waals surface area contributed by atoms with Gasteiger partial charge in [0.1, 0.15) is 0 Å². The Balaban J connectivity index is 1.91. The van der Waals surface area contributed by atoms with Crippen LogP contribution in [-0.2, 0) is 6.61 Å². The summed E-state index contributed by atoms with van der Waals surface area (Å²) in [7, 11) is 0. The molecule has 0 amide bonds. The maximum Gasteiger partial charge on any atom is 0.168 e. The van der Waals surface area contributed by atoms with Crippen LogP contribution in [0.2, 0.25) is 0 Å². The van der Waals surface area contributed by atoms with Gasteiger partial charge in [0.25, 0.3) is 0 Å². The Morgan fingerprint density at radius 2 is 1.83 bits per heavy atom. The third kappa shape index (κ3) is 2.12. The Labute approximate surface area is 108 Å². The molecule has 1 aromatic heterocycles. The van der Waals surface area contributed by atoms with Crippen molar-refractivity contribution in [3.63, 3.8) is 0 Å². The molecule has 0 radical (unpaired) electrons. The van der Waals surface area contributed by atoms with Gasteiger partial charge < -0.3 is 9.63 Å². The van der Waals surface area contributed by atoms with Gasteiger partial charge in [0.05, 0.1) is 12.0 Å². The van der Waals surface area contributed by atoms with Crippen molar-refractivity contribution in [3.8, 4) is 0 Å². The molecule has 3 aromatic rings. The first-order chi connectivity index (χ1) is 8.86. The average molecular weight is 257 g/mol. The number of aromatic nitrogens is 1. The highest BCUT2D eigenvalue weighted by Crippen LogP contribution is 2.32. The third-order valence-electron chi connectivity index (χ3n) is 2.66. The number of aliphatic hydroxyl groups is 1. The normalized spacial score (nSPS) is 10.9. The molecule has 18 heavy (non-hydrogen) atoms. The van der Waals surface area contributed by atoms with Gasteiger partial charge in [-0.3, -0.25) is 0 Å². The first-order valence-electron chi connectivity index (χ1n) is 5.59. The van der Waals surface area contributed by atoms with E-state index in [9.17, 15) is 0 Å². The first-order valence-corrected chi connectivity index (χ1v) is 6.40. The van der Waals surface area contributed by atoms with Gasteiger partial charge in [-0.25, -0.2) is 0 Å². The van der Waals surface area contributed by atoms with Crippen molar-refractivity contribution < 1.29 is 9.63 Å². The van der Waals surface area contributed by atoms with Crippen molar-refractivity contribution >= 4 is 22.7 Å². The second kappa shape index (κ2) is 4.84. The van der Waals surface area contributed by atoms with E-state index in [2.05, 4.69) is 5.16 Å². The summed E-state index contributed by atoms with van der Waals surface area (Å²) in [4.78, 5) is 1.08. The Kier molecular flexibility index (Phi) is 3.04. The van der Waals surface area contributed by atoms with Gasteiger partial charge in [0, 0.05) is 4.90 Å². The average Bonchev–Trinajstić information content (AvgIpc) is 2.83. The molecule has 0 unspecified atom stereocenters. The Morgan fingerprint density at radius 1 is 1.06 bits per heavy atom. The Morgan fingerprint density at radius 3 is 2.61 bits per heavy atom. The van der Waals surface area contributed by atoms with Gasteiger partial charge >= 0.3 is 0 Å².